The molecule has 29 heavy (non-hydrogen) atoms. The molecule has 0 aliphatic rings. The zero-order valence-electron chi connectivity index (χ0n) is 16.6. The number of benzene rings is 2. The van der Waals surface area contributed by atoms with Crippen LogP contribution in [0.1, 0.15) is 23.9 Å². The number of methoxy groups -OCH3 is 1. The van der Waals surface area contributed by atoms with Crippen LogP contribution in [0.2, 0.25) is 5.02 Å². The van der Waals surface area contributed by atoms with E-state index in [1.807, 2.05) is 54.1 Å². The summed E-state index contributed by atoms with van der Waals surface area (Å²) in [5.41, 5.74) is 3.54. The first-order valence-corrected chi connectivity index (χ1v) is 9.59. The first-order valence-electron chi connectivity index (χ1n) is 9.21. The number of halogens is 1. The Morgan fingerprint density at radius 1 is 1.17 bits per heavy atom. The molecule has 0 aliphatic heterocycles. The molecule has 3 rings (SSSR count). The highest BCUT2D eigenvalue weighted by molar-refractivity contribution is 6.30. The van der Waals surface area contributed by atoms with Crippen LogP contribution in [0.15, 0.2) is 48.5 Å². The SMILES string of the molecule is COc1cc(CC(C)C(=O)O)ccc1OCc1cc(C)nn1-c1ccc(Cl)cc1. The maximum atomic E-state index is 11.1. The largest absolute Gasteiger partial charge is 0.493 e. The van der Waals surface area contributed by atoms with Crippen molar-refractivity contribution in [2.45, 2.75) is 26.9 Å². The topological polar surface area (TPSA) is 73.6 Å². The van der Waals surface area contributed by atoms with Crippen LogP contribution in [-0.4, -0.2) is 28.0 Å². The molecule has 1 unspecified atom stereocenters. The fraction of sp³-hybridized carbons (Fsp3) is 0.273. The van der Waals surface area contributed by atoms with Crippen molar-refractivity contribution in [2.75, 3.05) is 7.11 Å². The Morgan fingerprint density at radius 2 is 1.90 bits per heavy atom. The lowest BCUT2D eigenvalue weighted by Gasteiger charge is -2.14. The van der Waals surface area contributed by atoms with Gasteiger partial charge in [-0.15, -0.1) is 0 Å². The van der Waals surface area contributed by atoms with Crippen molar-refractivity contribution in [3.63, 3.8) is 0 Å². The van der Waals surface area contributed by atoms with Gasteiger partial charge in [0.25, 0.3) is 0 Å². The summed E-state index contributed by atoms with van der Waals surface area (Å²) in [6, 6.07) is 14.9. The van der Waals surface area contributed by atoms with Crippen molar-refractivity contribution in [2.24, 2.45) is 5.92 Å². The summed E-state index contributed by atoms with van der Waals surface area (Å²) < 4.78 is 13.3. The van der Waals surface area contributed by atoms with Crippen LogP contribution in [0.5, 0.6) is 11.5 Å². The number of carbonyl (C=O) groups is 1. The van der Waals surface area contributed by atoms with Gasteiger partial charge in [0.1, 0.15) is 6.61 Å². The van der Waals surface area contributed by atoms with Gasteiger partial charge in [0.2, 0.25) is 0 Å². The number of nitrogens with zero attached hydrogens (tertiary/aromatic N) is 2. The molecule has 0 spiro atoms. The third-order valence-electron chi connectivity index (χ3n) is 4.54. The number of aromatic nitrogens is 2. The second-order valence-corrected chi connectivity index (χ2v) is 7.32. The van der Waals surface area contributed by atoms with Crippen molar-refractivity contribution in [3.05, 3.63) is 70.5 Å². The molecule has 152 valence electrons. The summed E-state index contributed by atoms with van der Waals surface area (Å²) in [6.45, 7) is 3.90. The first-order chi connectivity index (χ1) is 13.9. The van der Waals surface area contributed by atoms with E-state index in [-0.39, 0.29) is 0 Å². The van der Waals surface area contributed by atoms with E-state index in [0.717, 1.165) is 22.6 Å². The van der Waals surface area contributed by atoms with Gasteiger partial charge in [0.15, 0.2) is 11.5 Å². The number of rotatable bonds is 8. The summed E-state index contributed by atoms with van der Waals surface area (Å²) in [7, 11) is 1.56. The quantitative estimate of drug-likeness (QED) is 0.579. The maximum Gasteiger partial charge on any atom is 0.306 e. The number of carboxylic acids is 1. The average molecular weight is 415 g/mol. The second kappa shape index (κ2) is 9.01. The van der Waals surface area contributed by atoms with Crippen LogP contribution in [-0.2, 0) is 17.8 Å². The number of aliphatic carboxylic acids is 1. The summed E-state index contributed by atoms with van der Waals surface area (Å²) in [4.78, 5) is 11.1. The van der Waals surface area contributed by atoms with Gasteiger partial charge >= 0.3 is 5.97 Å². The van der Waals surface area contributed by atoms with Gasteiger partial charge in [-0.05, 0) is 61.4 Å². The fourth-order valence-corrected chi connectivity index (χ4v) is 3.14. The number of aryl methyl sites for hydroxylation is 1. The highest BCUT2D eigenvalue weighted by atomic mass is 35.5. The van der Waals surface area contributed by atoms with Crippen molar-refractivity contribution >= 4 is 17.6 Å². The zero-order valence-corrected chi connectivity index (χ0v) is 17.3. The van der Waals surface area contributed by atoms with Crippen LogP contribution in [0.3, 0.4) is 0 Å². The molecule has 7 heteroatoms. The lowest BCUT2D eigenvalue weighted by molar-refractivity contribution is -0.141. The van der Waals surface area contributed by atoms with Gasteiger partial charge in [-0.2, -0.15) is 5.10 Å². The molecule has 0 radical (unpaired) electrons. The third kappa shape index (κ3) is 5.09. The second-order valence-electron chi connectivity index (χ2n) is 6.88. The van der Waals surface area contributed by atoms with E-state index in [2.05, 4.69) is 5.10 Å². The van der Waals surface area contributed by atoms with Gasteiger partial charge in [-0.25, -0.2) is 4.68 Å². The van der Waals surface area contributed by atoms with Gasteiger partial charge in [-0.3, -0.25) is 4.79 Å². The van der Waals surface area contributed by atoms with Crippen molar-refractivity contribution in [1.82, 2.24) is 9.78 Å². The van der Waals surface area contributed by atoms with Crippen molar-refractivity contribution < 1.29 is 19.4 Å². The Hall–Kier alpha value is -2.99. The molecule has 1 aromatic heterocycles. The molecule has 0 saturated heterocycles. The molecule has 0 amide bonds. The first kappa shape index (κ1) is 20.7. The Balaban J connectivity index is 1.78. The van der Waals surface area contributed by atoms with E-state index >= 15 is 0 Å². The third-order valence-corrected chi connectivity index (χ3v) is 4.80. The predicted octanol–water partition coefficient (Wildman–Crippen LogP) is 4.68. The Kier molecular flexibility index (Phi) is 6.44. The van der Waals surface area contributed by atoms with Gasteiger partial charge < -0.3 is 14.6 Å². The van der Waals surface area contributed by atoms with Gasteiger partial charge in [-0.1, -0.05) is 24.6 Å². The van der Waals surface area contributed by atoms with Crippen molar-refractivity contribution in [1.29, 1.82) is 0 Å². The standard InChI is InChI=1S/C22H23ClN2O4/c1-14(22(26)27)10-16-4-9-20(21(12-16)28-3)29-13-19-11-15(2)24-25(19)18-7-5-17(23)6-8-18/h4-9,11-12,14H,10,13H2,1-3H3,(H,26,27). The van der Waals surface area contributed by atoms with E-state index in [4.69, 9.17) is 26.2 Å². The minimum Gasteiger partial charge on any atom is -0.493 e. The molecule has 1 N–H and O–H groups in total. The smallest absolute Gasteiger partial charge is 0.306 e. The van der Waals surface area contributed by atoms with E-state index in [9.17, 15) is 4.79 Å². The molecule has 0 fully saturated rings. The van der Waals surface area contributed by atoms with Gasteiger partial charge in [0.05, 0.1) is 30.1 Å². The molecule has 3 aromatic rings. The Morgan fingerprint density at radius 3 is 2.55 bits per heavy atom. The minimum atomic E-state index is -0.824. The van der Waals surface area contributed by atoms with Crippen LogP contribution >= 0.6 is 11.6 Å². The highest BCUT2D eigenvalue weighted by Crippen LogP contribution is 2.30. The highest BCUT2D eigenvalue weighted by Gasteiger charge is 2.15. The molecule has 6 nitrogen and oxygen atoms in total. The molecule has 0 aliphatic carbocycles. The number of carboxylic acid groups (broad SMARTS) is 1. The van der Waals surface area contributed by atoms with E-state index in [1.54, 1.807) is 20.1 Å². The van der Waals surface area contributed by atoms with Gasteiger partial charge in [0, 0.05) is 5.02 Å². The molecule has 0 bridgehead atoms. The van der Waals surface area contributed by atoms with Crippen LogP contribution in [0.4, 0.5) is 0 Å². The average Bonchev–Trinajstić information content (AvgIpc) is 3.07. The molecule has 0 saturated carbocycles. The Labute approximate surface area is 174 Å². The number of hydrogen-bond acceptors (Lipinski definition) is 4. The summed E-state index contributed by atoms with van der Waals surface area (Å²) >= 11 is 5.98. The van der Waals surface area contributed by atoms with E-state index < -0.39 is 11.9 Å². The van der Waals surface area contributed by atoms with Crippen LogP contribution < -0.4 is 9.47 Å². The van der Waals surface area contributed by atoms with Crippen molar-refractivity contribution in [3.8, 4) is 17.2 Å². The van der Waals surface area contributed by atoms with E-state index in [0.29, 0.717) is 29.5 Å². The van der Waals surface area contributed by atoms with Crippen LogP contribution in [0, 0.1) is 12.8 Å². The maximum absolute atomic E-state index is 11.1. The van der Waals surface area contributed by atoms with E-state index in [1.165, 1.54) is 0 Å². The van der Waals surface area contributed by atoms with Crippen LogP contribution in [0.25, 0.3) is 5.69 Å². The molecule has 1 atom stereocenters. The minimum absolute atomic E-state index is 0.296. The number of ether oxygens (including phenoxy) is 2. The summed E-state index contributed by atoms with van der Waals surface area (Å²) in [5, 5.41) is 14.3. The predicted molar refractivity (Wildman–Crippen MR) is 111 cm³/mol. The monoisotopic (exact) mass is 414 g/mol. The lowest BCUT2D eigenvalue weighted by Crippen LogP contribution is -2.12. The summed E-state index contributed by atoms with van der Waals surface area (Å²) in [6.07, 6.45) is 0.425. The Bertz CT molecular complexity index is 999. The molecular weight excluding hydrogens is 392 g/mol. The zero-order chi connectivity index (χ0) is 21.0. The molecule has 1 heterocycles. The number of hydrogen-bond donors (Lipinski definition) is 1. The molecule has 2 aromatic carbocycles. The molecular formula is C22H23ClN2O4. The lowest BCUT2D eigenvalue weighted by atomic mass is 10.0. The normalized spacial score (nSPS) is 11.9. The summed E-state index contributed by atoms with van der Waals surface area (Å²) in [5.74, 6) is -0.145. The fourth-order valence-electron chi connectivity index (χ4n) is 3.01.